The lowest BCUT2D eigenvalue weighted by atomic mass is 10.7. The molecule has 0 radical (unpaired) electrons. The Morgan fingerprint density at radius 3 is 1.70 bits per heavy atom. The molecule has 0 fully saturated rings. The minimum Gasteiger partial charge on any atom is -0.298 e. The molecule has 0 aliphatic carbocycles. The van der Waals surface area contributed by atoms with Crippen LogP contribution in [-0.2, 0) is 4.74 Å². The Labute approximate surface area is 61.3 Å². The van der Waals surface area contributed by atoms with Crippen LogP contribution in [-0.4, -0.2) is 17.8 Å². The van der Waals surface area contributed by atoms with Gasteiger partial charge < -0.3 is 0 Å². The average molecular weight is 229 g/mol. The van der Waals surface area contributed by atoms with Crippen LogP contribution in [0.4, 0.5) is 22.0 Å². The van der Waals surface area contributed by atoms with E-state index in [4.69, 9.17) is 0 Å². The van der Waals surface area contributed by atoms with Gasteiger partial charge >= 0.3 is 12.8 Å². The standard InChI is InChI=1S/C3H2BrF5O/c4-1(3(7,8)9)10-2(5)6/h1-2H. The number of hydrogen-bond acceptors (Lipinski definition) is 1. The van der Waals surface area contributed by atoms with E-state index < -0.39 is 17.8 Å². The molecule has 0 N–H and O–H groups in total. The van der Waals surface area contributed by atoms with Gasteiger partial charge in [0, 0.05) is 0 Å². The van der Waals surface area contributed by atoms with Crippen molar-refractivity contribution in [3.05, 3.63) is 0 Å². The third-order valence-corrected chi connectivity index (χ3v) is 1.21. The Morgan fingerprint density at radius 2 is 1.60 bits per heavy atom. The molecule has 0 spiro atoms. The predicted octanol–water partition coefficient (Wildman–Crippen LogP) is 2.51. The molecule has 0 amide bonds. The van der Waals surface area contributed by atoms with E-state index in [2.05, 4.69) is 4.74 Å². The summed E-state index contributed by atoms with van der Waals surface area (Å²) in [5, 5.41) is -2.60. The van der Waals surface area contributed by atoms with Crippen molar-refractivity contribution in [3.8, 4) is 0 Å². The number of alkyl halides is 6. The maximum absolute atomic E-state index is 11.3. The number of halogens is 6. The topological polar surface area (TPSA) is 9.23 Å². The second-order valence-corrected chi connectivity index (χ2v) is 2.09. The molecular weight excluding hydrogens is 227 g/mol. The van der Waals surface area contributed by atoms with E-state index in [1.54, 1.807) is 0 Å². The highest BCUT2D eigenvalue weighted by Gasteiger charge is 2.40. The maximum Gasteiger partial charge on any atom is 0.424 e. The fourth-order valence-corrected chi connectivity index (χ4v) is 0.331. The van der Waals surface area contributed by atoms with Crippen molar-refractivity contribution >= 4 is 15.9 Å². The molecule has 0 rings (SSSR count). The fraction of sp³-hybridized carbons (Fsp3) is 1.00. The summed E-state index contributed by atoms with van der Waals surface area (Å²) >= 11 is 1.87. The van der Waals surface area contributed by atoms with Crippen LogP contribution in [0.5, 0.6) is 0 Å². The average Bonchev–Trinajstić information content (AvgIpc) is 1.60. The van der Waals surface area contributed by atoms with Crippen molar-refractivity contribution in [2.45, 2.75) is 17.8 Å². The molecule has 0 heterocycles. The first-order valence-corrected chi connectivity index (χ1v) is 2.90. The molecule has 0 aliphatic heterocycles. The highest BCUT2D eigenvalue weighted by atomic mass is 79.9. The minimum absolute atomic E-state index is 1.87. The van der Waals surface area contributed by atoms with Crippen molar-refractivity contribution in [1.29, 1.82) is 0 Å². The summed E-state index contributed by atoms with van der Waals surface area (Å²) in [6, 6.07) is 0. The van der Waals surface area contributed by atoms with E-state index in [9.17, 15) is 22.0 Å². The van der Waals surface area contributed by atoms with Crippen molar-refractivity contribution < 1.29 is 26.7 Å². The Bertz CT molecular complexity index is 102. The van der Waals surface area contributed by atoms with Gasteiger partial charge in [-0.3, -0.25) is 4.74 Å². The molecule has 0 aromatic heterocycles. The van der Waals surface area contributed by atoms with Gasteiger partial charge in [0.05, 0.1) is 0 Å². The first-order valence-electron chi connectivity index (χ1n) is 1.98. The third kappa shape index (κ3) is 3.99. The molecule has 1 atom stereocenters. The molecule has 1 nitrogen and oxygen atoms in total. The molecule has 10 heavy (non-hydrogen) atoms. The van der Waals surface area contributed by atoms with Gasteiger partial charge in [-0.25, -0.2) is 0 Å². The highest BCUT2D eigenvalue weighted by Crippen LogP contribution is 2.28. The van der Waals surface area contributed by atoms with E-state index in [0.29, 0.717) is 0 Å². The lowest BCUT2D eigenvalue weighted by Crippen LogP contribution is -2.27. The predicted molar refractivity (Wildman–Crippen MR) is 25.9 cm³/mol. The Morgan fingerprint density at radius 1 is 1.20 bits per heavy atom. The molecule has 0 bridgehead atoms. The van der Waals surface area contributed by atoms with Crippen LogP contribution >= 0.6 is 15.9 Å². The van der Waals surface area contributed by atoms with Gasteiger partial charge in [-0.2, -0.15) is 22.0 Å². The van der Waals surface area contributed by atoms with Crippen molar-refractivity contribution in [2.75, 3.05) is 0 Å². The summed E-state index contributed by atoms with van der Waals surface area (Å²) in [7, 11) is 0. The Kier molecular flexibility index (Phi) is 3.50. The van der Waals surface area contributed by atoms with Crippen LogP contribution in [0.3, 0.4) is 0 Å². The molecule has 7 heteroatoms. The van der Waals surface area contributed by atoms with E-state index in [-0.39, 0.29) is 0 Å². The summed E-state index contributed by atoms with van der Waals surface area (Å²) < 4.78 is 59.1. The quantitative estimate of drug-likeness (QED) is 0.522. The second kappa shape index (κ2) is 3.47. The SMILES string of the molecule is FC(F)OC(Br)C(F)(F)F. The van der Waals surface area contributed by atoms with Gasteiger partial charge in [0.2, 0.25) is 5.01 Å². The molecule has 0 saturated carbocycles. The highest BCUT2D eigenvalue weighted by molar-refractivity contribution is 9.09. The lowest BCUT2D eigenvalue weighted by molar-refractivity contribution is -0.240. The zero-order valence-corrected chi connectivity index (χ0v) is 5.92. The summed E-state index contributed by atoms with van der Waals surface area (Å²) in [6.07, 6.45) is -4.80. The fourth-order valence-electron chi connectivity index (χ4n) is 0.167. The zero-order chi connectivity index (χ0) is 8.36. The van der Waals surface area contributed by atoms with Gasteiger partial charge in [0.1, 0.15) is 0 Å². The summed E-state index contributed by atoms with van der Waals surface area (Å²) in [5.41, 5.74) is 0. The first-order chi connectivity index (χ1) is 4.34. The lowest BCUT2D eigenvalue weighted by Gasteiger charge is -2.13. The van der Waals surface area contributed by atoms with Gasteiger partial charge in [-0.1, -0.05) is 0 Å². The minimum atomic E-state index is -4.80. The van der Waals surface area contributed by atoms with Crippen molar-refractivity contribution in [2.24, 2.45) is 0 Å². The van der Waals surface area contributed by atoms with E-state index >= 15 is 0 Å². The molecule has 0 aliphatic rings. The molecule has 0 saturated heterocycles. The van der Waals surface area contributed by atoms with Gasteiger partial charge in [-0.05, 0) is 15.9 Å². The van der Waals surface area contributed by atoms with Crippen LogP contribution in [0.15, 0.2) is 0 Å². The maximum atomic E-state index is 11.3. The molecule has 1 unspecified atom stereocenters. The smallest absolute Gasteiger partial charge is 0.298 e. The van der Waals surface area contributed by atoms with E-state index in [1.165, 1.54) is 0 Å². The van der Waals surface area contributed by atoms with Crippen molar-refractivity contribution in [1.82, 2.24) is 0 Å². The van der Waals surface area contributed by atoms with E-state index in [0.717, 1.165) is 0 Å². The van der Waals surface area contributed by atoms with Crippen molar-refractivity contribution in [3.63, 3.8) is 0 Å². The monoisotopic (exact) mass is 228 g/mol. The number of hydrogen-bond donors (Lipinski definition) is 0. The van der Waals surface area contributed by atoms with Crippen LogP contribution in [0.25, 0.3) is 0 Å². The van der Waals surface area contributed by atoms with Crippen LogP contribution in [0.1, 0.15) is 0 Å². The largest absolute Gasteiger partial charge is 0.424 e. The van der Waals surface area contributed by atoms with Gasteiger partial charge in [-0.15, -0.1) is 0 Å². The first kappa shape index (κ1) is 10.1. The number of ether oxygens (including phenoxy) is 1. The third-order valence-electron chi connectivity index (χ3n) is 0.480. The molecule has 0 aromatic rings. The molecule has 62 valence electrons. The Balaban J connectivity index is 3.73. The van der Waals surface area contributed by atoms with Gasteiger partial charge in [0.15, 0.2) is 0 Å². The summed E-state index contributed by atoms with van der Waals surface area (Å²) in [6.45, 7) is -3.42. The summed E-state index contributed by atoms with van der Waals surface area (Å²) in [5.74, 6) is 0. The molecular formula is C3H2BrF5O. The Hall–Kier alpha value is 0.0900. The van der Waals surface area contributed by atoms with Crippen LogP contribution in [0.2, 0.25) is 0 Å². The molecule has 0 aromatic carbocycles. The summed E-state index contributed by atoms with van der Waals surface area (Å²) in [4.78, 5) is 0. The second-order valence-electron chi connectivity index (χ2n) is 1.25. The number of rotatable bonds is 2. The van der Waals surface area contributed by atoms with E-state index in [1.807, 2.05) is 15.9 Å². The van der Waals surface area contributed by atoms with Crippen LogP contribution in [0, 0.1) is 0 Å². The zero-order valence-electron chi connectivity index (χ0n) is 4.33. The van der Waals surface area contributed by atoms with Gasteiger partial charge in [0.25, 0.3) is 0 Å². The normalized spacial score (nSPS) is 15.9. The van der Waals surface area contributed by atoms with Crippen LogP contribution < -0.4 is 0 Å².